The van der Waals surface area contributed by atoms with E-state index in [1.54, 1.807) is 54.6 Å². The number of hydrogen-bond acceptors (Lipinski definition) is 9. The number of benzene rings is 6. The number of nitroso groups, excluding NO2 is 3. The first-order chi connectivity index (χ1) is 23.2. The Labute approximate surface area is 296 Å². The predicted octanol–water partition coefficient (Wildman–Crippen LogP) is 10.7. The van der Waals surface area contributed by atoms with Crippen molar-refractivity contribution < 1.29 is 36.9 Å². The Morgan fingerprint density at radius 1 is 0.429 bits per heavy atom. The molecule has 0 fully saturated rings. The van der Waals surface area contributed by atoms with Gasteiger partial charge in [0.15, 0.2) is 17.1 Å². The molecular weight excluding hydrogens is 664 g/mol. The summed E-state index contributed by atoms with van der Waals surface area (Å²) in [7, 11) is 0. The molecule has 0 aliphatic carbocycles. The first-order valence-electron chi connectivity index (χ1n) is 15.7. The Balaban J connectivity index is 0.000000228. The number of nitrogens with zero attached hydrogens (tertiary/aromatic N) is 4. The van der Waals surface area contributed by atoms with Crippen LogP contribution in [0.2, 0.25) is 0 Å². The van der Waals surface area contributed by atoms with Crippen molar-refractivity contribution in [2.75, 3.05) is 26.2 Å². The Bertz CT molecular complexity index is 1770. The maximum atomic E-state index is 10.4. The van der Waals surface area contributed by atoms with Gasteiger partial charge in [0.1, 0.15) is 17.2 Å². The molecule has 0 bridgehead atoms. The average Bonchev–Trinajstić information content (AvgIpc) is 3.13. The summed E-state index contributed by atoms with van der Waals surface area (Å²) in [6.07, 6.45) is 0. The molecule has 0 spiro atoms. The van der Waals surface area contributed by atoms with Crippen LogP contribution in [-0.4, -0.2) is 46.0 Å². The molecule has 10 nitrogen and oxygen atoms in total. The van der Waals surface area contributed by atoms with E-state index >= 15 is 0 Å². The van der Waals surface area contributed by atoms with Crippen LogP contribution >= 0.6 is 0 Å². The zero-order chi connectivity index (χ0) is 35.1. The van der Waals surface area contributed by atoms with Crippen LogP contribution in [0.5, 0.6) is 17.2 Å². The first-order valence-corrected chi connectivity index (χ1v) is 15.7. The Morgan fingerprint density at radius 3 is 0.878 bits per heavy atom. The van der Waals surface area contributed by atoms with Gasteiger partial charge in [-0.05, 0) is 77.6 Å². The van der Waals surface area contributed by atoms with Crippen LogP contribution in [0.15, 0.2) is 125 Å². The minimum atomic E-state index is -0.0753. The zero-order valence-electron chi connectivity index (χ0n) is 27.9. The van der Waals surface area contributed by atoms with E-state index in [4.69, 9.17) is 0 Å². The molecule has 0 unspecified atom stereocenters. The fourth-order valence-electron chi connectivity index (χ4n) is 5.36. The van der Waals surface area contributed by atoms with E-state index in [0.29, 0.717) is 16.2 Å². The van der Waals surface area contributed by atoms with E-state index in [0.717, 1.165) is 16.2 Å². The standard InChI is InChI=1S/3C10H7NO2.C8H20N.Fe/c3*12-9-6-5-7-3-1-2-4-8(7)10(9)11-13;1-5-9(6-2,7-3)8-4;/h3*1-6,12H;5-8H2,1-4H3;/q;;;+1;. The third-order valence-corrected chi connectivity index (χ3v) is 8.60. The van der Waals surface area contributed by atoms with Gasteiger partial charge in [0.05, 0.1) is 26.2 Å². The van der Waals surface area contributed by atoms with Crippen molar-refractivity contribution in [3.8, 4) is 17.2 Å². The van der Waals surface area contributed by atoms with Gasteiger partial charge in [-0.2, -0.15) is 0 Å². The third kappa shape index (κ3) is 9.90. The molecule has 0 amide bonds. The topological polar surface area (TPSA) is 149 Å². The van der Waals surface area contributed by atoms with E-state index < -0.39 is 0 Å². The quantitative estimate of drug-likeness (QED) is 0.0855. The van der Waals surface area contributed by atoms with Crippen LogP contribution in [0.25, 0.3) is 32.3 Å². The summed E-state index contributed by atoms with van der Waals surface area (Å²) >= 11 is 0. The predicted molar refractivity (Wildman–Crippen MR) is 196 cm³/mol. The number of rotatable bonds is 7. The van der Waals surface area contributed by atoms with Crippen molar-refractivity contribution in [3.63, 3.8) is 0 Å². The first kappa shape index (κ1) is 40.0. The normalized spacial score (nSPS) is 10.3. The van der Waals surface area contributed by atoms with Crippen molar-refractivity contribution in [2.24, 2.45) is 15.5 Å². The van der Waals surface area contributed by atoms with Crippen LogP contribution < -0.4 is 0 Å². The molecule has 0 saturated carbocycles. The van der Waals surface area contributed by atoms with Gasteiger partial charge in [0.2, 0.25) is 0 Å². The van der Waals surface area contributed by atoms with Gasteiger partial charge in [-0.15, -0.1) is 14.7 Å². The van der Waals surface area contributed by atoms with Gasteiger partial charge in [-0.25, -0.2) is 0 Å². The second-order valence-electron chi connectivity index (χ2n) is 10.8. The number of quaternary nitrogens is 1. The van der Waals surface area contributed by atoms with E-state index in [-0.39, 0.29) is 51.4 Å². The maximum absolute atomic E-state index is 10.4. The molecule has 0 radical (unpaired) electrons. The van der Waals surface area contributed by atoms with Crippen LogP contribution in [0.1, 0.15) is 27.7 Å². The Morgan fingerprint density at radius 2 is 0.673 bits per heavy atom. The van der Waals surface area contributed by atoms with Crippen LogP contribution in [-0.2, 0) is 17.1 Å². The number of phenols is 3. The van der Waals surface area contributed by atoms with Gasteiger partial charge in [-0.3, -0.25) is 0 Å². The van der Waals surface area contributed by atoms with Gasteiger partial charge in [0.25, 0.3) is 0 Å². The second-order valence-corrected chi connectivity index (χ2v) is 10.8. The summed E-state index contributed by atoms with van der Waals surface area (Å²) in [5.41, 5.74) is 0.328. The van der Waals surface area contributed by atoms with E-state index in [1.807, 2.05) is 36.4 Å². The van der Waals surface area contributed by atoms with Crippen molar-refractivity contribution >= 4 is 49.4 Å². The van der Waals surface area contributed by atoms with Crippen molar-refractivity contribution in [3.05, 3.63) is 124 Å². The van der Waals surface area contributed by atoms with Gasteiger partial charge in [-0.1, -0.05) is 91.0 Å². The molecule has 0 aliphatic rings. The number of hydrogen-bond donors (Lipinski definition) is 3. The maximum Gasteiger partial charge on any atom is 0.157 e. The minimum Gasteiger partial charge on any atom is -0.506 e. The minimum absolute atomic E-state index is 0. The molecule has 0 aliphatic heterocycles. The Hall–Kier alpha value is -5.22. The molecule has 0 aromatic heterocycles. The molecule has 11 heteroatoms. The smallest absolute Gasteiger partial charge is 0.157 e. The van der Waals surface area contributed by atoms with Gasteiger partial charge >= 0.3 is 0 Å². The molecule has 6 aromatic carbocycles. The third-order valence-electron chi connectivity index (χ3n) is 8.60. The fourth-order valence-corrected chi connectivity index (χ4v) is 5.36. The van der Waals surface area contributed by atoms with Crippen molar-refractivity contribution in [1.82, 2.24) is 0 Å². The van der Waals surface area contributed by atoms with Crippen LogP contribution in [0.3, 0.4) is 0 Å². The molecule has 49 heavy (non-hydrogen) atoms. The van der Waals surface area contributed by atoms with Gasteiger partial charge in [0, 0.05) is 33.2 Å². The van der Waals surface area contributed by atoms with E-state index in [1.165, 1.54) is 48.9 Å². The van der Waals surface area contributed by atoms with Crippen molar-refractivity contribution in [2.45, 2.75) is 27.7 Å². The SMILES string of the molecule is CC[N+](CC)(CC)CC.O=Nc1c(O)ccc2ccccc12.O=Nc1c(O)ccc2ccccc12.O=Nc1c(O)ccc2ccccc12.[Fe]. The van der Waals surface area contributed by atoms with Crippen LogP contribution in [0.4, 0.5) is 17.1 Å². The summed E-state index contributed by atoms with van der Waals surface area (Å²) in [6, 6.07) is 31.5. The molecule has 0 saturated heterocycles. The molecule has 3 N–H and O–H groups in total. The van der Waals surface area contributed by atoms with Crippen molar-refractivity contribution in [1.29, 1.82) is 0 Å². The molecule has 6 aromatic rings. The molecule has 6 rings (SSSR count). The molecule has 256 valence electrons. The van der Waals surface area contributed by atoms with Crippen LogP contribution in [0, 0.1) is 14.7 Å². The fraction of sp³-hybridized carbons (Fsp3) is 0.211. The van der Waals surface area contributed by atoms with E-state index in [2.05, 4.69) is 43.2 Å². The van der Waals surface area contributed by atoms with E-state index in [9.17, 15) is 30.0 Å². The zero-order valence-corrected chi connectivity index (χ0v) is 29.0. The summed E-state index contributed by atoms with van der Waals surface area (Å²) in [6.45, 7) is 14.2. The molecular formula is C38H41FeN4O6+. The van der Waals surface area contributed by atoms with Gasteiger partial charge < -0.3 is 19.8 Å². The Kier molecular flexibility index (Phi) is 16.0. The number of aromatic hydroxyl groups is 3. The number of fused-ring (bicyclic) bond motifs is 3. The summed E-state index contributed by atoms with van der Waals surface area (Å²) in [4.78, 5) is 31.3. The largest absolute Gasteiger partial charge is 0.506 e. The summed E-state index contributed by atoms with van der Waals surface area (Å²) < 4.78 is 1.28. The molecule has 0 atom stereocenters. The summed E-state index contributed by atoms with van der Waals surface area (Å²) in [5.74, 6) is -0.226. The average molecular weight is 706 g/mol. The second kappa shape index (κ2) is 19.6. The summed E-state index contributed by atoms with van der Waals surface area (Å²) in [5, 5.41) is 41.1. The number of phenolic OH excluding ortho intramolecular Hbond substituents is 3. The monoisotopic (exact) mass is 705 g/mol. The molecule has 0 heterocycles.